The van der Waals surface area contributed by atoms with Crippen molar-refractivity contribution in [2.75, 3.05) is 5.32 Å². The number of hydrogen-bond acceptors (Lipinski definition) is 3. The van der Waals surface area contributed by atoms with E-state index < -0.39 is 17.3 Å². The van der Waals surface area contributed by atoms with Gasteiger partial charge in [0.15, 0.2) is 0 Å². The molecule has 3 aromatic carbocycles. The maximum atomic E-state index is 13.1. The van der Waals surface area contributed by atoms with Gasteiger partial charge in [-0.05, 0) is 86.0 Å². The van der Waals surface area contributed by atoms with E-state index in [1.54, 1.807) is 36.5 Å². The smallest absolute Gasteiger partial charge is 0.267 e. The molecule has 2 N–H and O–H groups in total. The van der Waals surface area contributed by atoms with Crippen molar-refractivity contribution < 1.29 is 14.0 Å². The molecule has 36 heavy (non-hydrogen) atoms. The van der Waals surface area contributed by atoms with Crippen LogP contribution >= 0.6 is 0 Å². The summed E-state index contributed by atoms with van der Waals surface area (Å²) in [6.07, 6.45) is 3.16. The first kappa shape index (κ1) is 24.6. The fraction of sp³-hybridized carbons (Fsp3) is 0.138. The number of anilines is 1. The molecule has 0 saturated carbocycles. The Balaban J connectivity index is 1.42. The van der Waals surface area contributed by atoms with Crippen LogP contribution in [0.3, 0.4) is 0 Å². The second-order valence-corrected chi connectivity index (χ2v) is 8.50. The number of nitrogens with one attached hydrogen (secondary N) is 2. The normalized spacial score (nSPS) is 11.5. The summed E-state index contributed by atoms with van der Waals surface area (Å²) in [4.78, 5) is 38.2. The van der Waals surface area contributed by atoms with Crippen LogP contribution in [-0.2, 0) is 6.42 Å². The molecule has 0 saturated heterocycles. The lowest BCUT2D eigenvalue weighted by molar-refractivity contribution is 0.0936. The van der Waals surface area contributed by atoms with Gasteiger partial charge in [-0.2, -0.15) is 0 Å². The fourth-order valence-electron chi connectivity index (χ4n) is 3.78. The number of rotatable bonds is 8. The van der Waals surface area contributed by atoms with Gasteiger partial charge in [0.05, 0.1) is 0 Å². The average Bonchev–Trinajstić information content (AvgIpc) is 2.89. The number of benzene rings is 3. The van der Waals surface area contributed by atoms with Crippen molar-refractivity contribution >= 4 is 17.5 Å². The zero-order valence-electron chi connectivity index (χ0n) is 19.8. The average molecular weight is 484 g/mol. The van der Waals surface area contributed by atoms with E-state index in [4.69, 9.17) is 0 Å². The molecule has 1 aromatic heterocycles. The number of aryl methyl sites for hydroxylation is 1. The number of nitrogens with zero attached hydrogens (tertiary/aromatic N) is 1. The minimum atomic E-state index is -0.437. The molecule has 0 radical (unpaired) electrons. The second kappa shape index (κ2) is 11.3. The SMILES string of the molecule is CC(CCc1ccccc1)NC(=O)c1cccn(-c2ccc(NC(=O)c3ccc(F)cc3)cc2)c1=O. The molecule has 7 heteroatoms. The van der Waals surface area contributed by atoms with Crippen molar-refractivity contribution in [2.24, 2.45) is 0 Å². The van der Waals surface area contributed by atoms with E-state index in [0.29, 0.717) is 16.9 Å². The van der Waals surface area contributed by atoms with Crippen LogP contribution < -0.4 is 16.2 Å². The minimum Gasteiger partial charge on any atom is -0.349 e. The van der Waals surface area contributed by atoms with Crippen molar-refractivity contribution in [2.45, 2.75) is 25.8 Å². The summed E-state index contributed by atoms with van der Waals surface area (Å²) in [7, 11) is 0. The Morgan fingerprint density at radius 3 is 2.25 bits per heavy atom. The van der Waals surface area contributed by atoms with Crippen molar-refractivity contribution in [1.29, 1.82) is 0 Å². The Morgan fingerprint density at radius 2 is 1.56 bits per heavy atom. The van der Waals surface area contributed by atoms with E-state index in [-0.39, 0.29) is 17.5 Å². The highest BCUT2D eigenvalue weighted by atomic mass is 19.1. The van der Waals surface area contributed by atoms with Crippen molar-refractivity contribution in [3.8, 4) is 5.69 Å². The molecule has 2 amide bonds. The molecule has 6 nitrogen and oxygen atoms in total. The predicted octanol–water partition coefficient (Wildman–Crippen LogP) is 4.98. The Bertz CT molecular complexity index is 1400. The molecule has 1 heterocycles. The van der Waals surface area contributed by atoms with Crippen LogP contribution in [0.1, 0.15) is 39.6 Å². The topological polar surface area (TPSA) is 80.2 Å². The zero-order chi connectivity index (χ0) is 25.5. The van der Waals surface area contributed by atoms with Crippen molar-refractivity contribution in [3.63, 3.8) is 0 Å². The third-order valence-corrected chi connectivity index (χ3v) is 5.79. The van der Waals surface area contributed by atoms with Gasteiger partial charge in [-0.25, -0.2) is 4.39 Å². The van der Waals surface area contributed by atoms with Crippen LogP contribution in [0, 0.1) is 5.82 Å². The van der Waals surface area contributed by atoms with Crippen LogP contribution in [-0.4, -0.2) is 22.4 Å². The number of pyridine rings is 1. The lowest BCUT2D eigenvalue weighted by atomic mass is 10.1. The molecular formula is C29H26FN3O3. The summed E-state index contributed by atoms with van der Waals surface area (Å²) in [5, 5.41) is 5.65. The molecule has 1 unspecified atom stereocenters. The van der Waals surface area contributed by atoms with E-state index in [1.807, 2.05) is 37.3 Å². The maximum absolute atomic E-state index is 13.1. The molecule has 4 aromatic rings. The van der Waals surface area contributed by atoms with Crippen LogP contribution in [0.25, 0.3) is 5.69 Å². The highest BCUT2D eigenvalue weighted by Crippen LogP contribution is 2.14. The number of amides is 2. The Hall–Kier alpha value is -4.52. The van der Waals surface area contributed by atoms with Crippen LogP contribution in [0.15, 0.2) is 102 Å². The molecule has 1 atom stereocenters. The summed E-state index contributed by atoms with van der Waals surface area (Å²) in [5.74, 6) is -1.21. The van der Waals surface area contributed by atoms with Crippen LogP contribution in [0.4, 0.5) is 10.1 Å². The van der Waals surface area contributed by atoms with E-state index in [0.717, 1.165) is 12.8 Å². The molecule has 0 aliphatic carbocycles. The van der Waals surface area contributed by atoms with E-state index in [1.165, 1.54) is 40.5 Å². The number of carbonyl (C=O) groups excluding carboxylic acids is 2. The number of aromatic nitrogens is 1. The van der Waals surface area contributed by atoms with Crippen molar-refractivity contribution in [3.05, 3.63) is 130 Å². The van der Waals surface area contributed by atoms with Gasteiger partial charge in [-0.15, -0.1) is 0 Å². The number of hydrogen-bond donors (Lipinski definition) is 2. The van der Waals surface area contributed by atoms with E-state index in [9.17, 15) is 18.8 Å². The Labute approximate surface area is 208 Å². The van der Waals surface area contributed by atoms with Gasteiger partial charge in [0, 0.05) is 29.2 Å². The standard InChI is InChI=1S/C29H26FN3O3/c1-20(9-10-21-6-3-2-4-7-21)31-28(35)26-8-5-19-33(29(26)36)25-17-15-24(16-18-25)32-27(34)22-11-13-23(30)14-12-22/h2-8,11-20H,9-10H2,1H3,(H,31,35)(H,32,34). The Kier molecular flexibility index (Phi) is 7.70. The highest BCUT2D eigenvalue weighted by molar-refractivity contribution is 6.04. The first-order valence-electron chi connectivity index (χ1n) is 11.6. The van der Waals surface area contributed by atoms with Gasteiger partial charge in [0.2, 0.25) is 0 Å². The monoisotopic (exact) mass is 483 g/mol. The summed E-state index contributed by atoms with van der Waals surface area (Å²) >= 11 is 0. The minimum absolute atomic E-state index is 0.0535. The summed E-state index contributed by atoms with van der Waals surface area (Å²) in [6, 6.07) is 25.0. The first-order valence-corrected chi connectivity index (χ1v) is 11.6. The van der Waals surface area contributed by atoms with Gasteiger partial charge in [-0.1, -0.05) is 30.3 Å². The largest absolute Gasteiger partial charge is 0.349 e. The van der Waals surface area contributed by atoms with Gasteiger partial charge >= 0.3 is 0 Å². The second-order valence-electron chi connectivity index (χ2n) is 8.50. The van der Waals surface area contributed by atoms with E-state index >= 15 is 0 Å². The first-order chi connectivity index (χ1) is 17.4. The predicted molar refractivity (Wildman–Crippen MR) is 138 cm³/mol. The molecule has 0 aliphatic heterocycles. The maximum Gasteiger partial charge on any atom is 0.267 e. The van der Waals surface area contributed by atoms with Gasteiger partial charge < -0.3 is 10.6 Å². The molecule has 182 valence electrons. The van der Waals surface area contributed by atoms with E-state index in [2.05, 4.69) is 10.6 Å². The molecule has 0 aliphatic rings. The molecule has 4 rings (SSSR count). The zero-order valence-corrected chi connectivity index (χ0v) is 19.8. The molecular weight excluding hydrogens is 457 g/mol. The lowest BCUT2D eigenvalue weighted by Crippen LogP contribution is -2.37. The lowest BCUT2D eigenvalue weighted by Gasteiger charge is -2.15. The summed E-state index contributed by atoms with van der Waals surface area (Å²) < 4.78 is 14.5. The molecule has 0 spiro atoms. The molecule has 0 bridgehead atoms. The quantitative estimate of drug-likeness (QED) is 0.371. The van der Waals surface area contributed by atoms with Crippen LogP contribution in [0.2, 0.25) is 0 Å². The summed E-state index contributed by atoms with van der Waals surface area (Å²) in [6.45, 7) is 1.92. The third-order valence-electron chi connectivity index (χ3n) is 5.79. The third kappa shape index (κ3) is 6.13. The fourth-order valence-corrected chi connectivity index (χ4v) is 3.78. The van der Waals surface area contributed by atoms with Gasteiger partial charge in [0.1, 0.15) is 11.4 Å². The van der Waals surface area contributed by atoms with Crippen molar-refractivity contribution in [1.82, 2.24) is 9.88 Å². The highest BCUT2D eigenvalue weighted by Gasteiger charge is 2.15. The molecule has 0 fully saturated rings. The van der Waals surface area contributed by atoms with Gasteiger partial charge in [-0.3, -0.25) is 19.0 Å². The number of carbonyl (C=O) groups is 2. The van der Waals surface area contributed by atoms with Gasteiger partial charge in [0.25, 0.3) is 17.4 Å². The summed E-state index contributed by atoms with van der Waals surface area (Å²) in [5.41, 5.74) is 2.20. The Morgan fingerprint density at radius 1 is 0.861 bits per heavy atom. The number of halogens is 1. The van der Waals surface area contributed by atoms with Crippen LogP contribution in [0.5, 0.6) is 0 Å².